The van der Waals surface area contributed by atoms with Crippen LogP contribution in [0.15, 0.2) is 24.3 Å². The van der Waals surface area contributed by atoms with Gasteiger partial charge in [-0.2, -0.15) is 5.26 Å². The van der Waals surface area contributed by atoms with E-state index in [4.69, 9.17) is 5.26 Å². The molecule has 0 radical (unpaired) electrons. The van der Waals surface area contributed by atoms with Crippen LogP contribution in [0, 0.1) is 11.3 Å². The van der Waals surface area contributed by atoms with Crippen LogP contribution in [0.3, 0.4) is 0 Å². The van der Waals surface area contributed by atoms with E-state index in [0.29, 0.717) is 6.42 Å². The molecule has 3 heteroatoms. The summed E-state index contributed by atoms with van der Waals surface area (Å²) in [5.41, 5.74) is 3.54. The molecule has 3 nitrogen and oxygen atoms in total. The molecule has 0 aliphatic carbocycles. The summed E-state index contributed by atoms with van der Waals surface area (Å²) < 4.78 is 0. The molecule has 2 aromatic rings. The van der Waals surface area contributed by atoms with Gasteiger partial charge in [-0.25, -0.2) is 0 Å². The fourth-order valence-corrected chi connectivity index (χ4v) is 2.32. The summed E-state index contributed by atoms with van der Waals surface area (Å²) in [7, 11) is 4.17. The van der Waals surface area contributed by atoms with Gasteiger partial charge in [0.2, 0.25) is 0 Å². The number of nitrogens with zero attached hydrogens (tertiary/aromatic N) is 2. The maximum atomic E-state index is 8.96. The molecule has 1 aromatic carbocycles. The Bertz CT molecular complexity index is 561. The van der Waals surface area contributed by atoms with Crippen molar-refractivity contribution in [3.05, 3.63) is 35.5 Å². The molecule has 0 saturated carbocycles. The summed E-state index contributed by atoms with van der Waals surface area (Å²) in [6, 6.07) is 10.5. The summed E-state index contributed by atoms with van der Waals surface area (Å²) in [5, 5.41) is 10.2. The summed E-state index contributed by atoms with van der Waals surface area (Å²) in [6.07, 6.45) is 2.60. The molecule has 1 N–H and O–H groups in total. The minimum absolute atomic E-state index is 0.487. The largest absolute Gasteiger partial charge is 0.358 e. The molecule has 0 fully saturated rings. The van der Waals surface area contributed by atoms with Gasteiger partial charge in [0.15, 0.2) is 0 Å². The van der Waals surface area contributed by atoms with Gasteiger partial charge in [0.05, 0.1) is 12.5 Å². The van der Waals surface area contributed by atoms with Gasteiger partial charge in [-0.05, 0) is 45.1 Å². The molecule has 1 aromatic heterocycles. The fraction of sp³-hybridized carbons (Fsp3) is 0.400. The normalized spacial score (nSPS) is 11.0. The number of aromatic amines is 1. The maximum Gasteiger partial charge on any atom is 0.0670 e. The number of nitrogens with one attached hydrogen (secondary N) is 1. The Balaban J connectivity index is 2.25. The van der Waals surface area contributed by atoms with E-state index in [-0.39, 0.29) is 0 Å². The van der Waals surface area contributed by atoms with E-state index >= 15 is 0 Å². The summed E-state index contributed by atoms with van der Waals surface area (Å²) in [4.78, 5) is 5.64. The number of nitriles is 1. The minimum atomic E-state index is 0.487. The molecule has 0 bridgehead atoms. The predicted molar refractivity (Wildman–Crippen MR) is 74.5 cm³/mol. The number of hydrogen-bond acceptors (Lipinski definition) is 2. The topological polar surface area (TPSA) is 42.8 Å². The molecule has 2 rings (SSSR count). The Morgan fingerprint density at radius 3 is 2.78 bits per heavy atom. The number of para-hydroxylation sites is 1. The molecule has 0 atom stereocenters. The second-order valence-electron chi connectivity index (χ2n) is 4.87. The van der Waals surface area contributed by atoms with Crippen LogP contribution < -0.4 is 0 Å². The van der Waals surface area contributed by atoms with Crippen molar-refractivity contribution in [2.24, 2.45) is 0 Å². The molecular weight excluding hydrogens is 222 g/mol. The van der Waals surface area contributed by atoms with Gasteiger partial charge in [-0.15, -0.1) is 0 Å². The van der Waals surface area contributed by atoms with Crippen molar-refractivity contribution >= 4 is 10.9 Å². The highest BCUT2D eigenvalue weighted by atomic mass is 15.0. The minimum Gasteiger partial charge on any atom is -0.358 e. The lowest BCUT2D eigenvalue weighted by Crippen LogP contribution is -2.13. The van der Waals surface area contributed by atoms with Crippen molar-refractivity contribution in [3.63, 3.8) is 0 Å². The standard InChI is InChI=1S/C15H19N3/c1-18(2)11-5-8-15-13(9-10-16)12-6-3-4-7-14(12)17-15/h3-4,6-7,17H,5,8-9,11H2,1-2H3. The second kappa shape index (κ2) is 5.70. The Morgan fingerprint density at radius 2 is 2.06 bits per heavy atom. The van der Waals surface area contributed by atoms with Crippen molar-refractivity contribution < 1.29 is 0 Å². The lowest BCUT2D eigenvalue weighted by Gasteiger charge is -2.08. The Kier molecular flexibility index (Phi) is 4.01. The van der Waals surface area contributed by atoms with E-state index in [1.165, 1.54) is 16.6 Å². The van der Waals surface area contributed by atoms with Gasteiger partial charge in [-0.3, -0.25) is 0 Å². The Labute approximate surface area is 108 Å². The third-order valence-corrected chi connectivity index (χ3v) is 3.19. The SMILES string of the molecule is CN(C)CCCc1[nH]c2ccccc2c1CC#N. The zero-order valence-electron chi connectivity index (χ0n) is 11.0. The van der Waals surface area contributed by atoms with Gasteiger partial charge >= 0.3 is 0 Å². The second-order valence-corrected chi connectivity index (χ2v) is 4.87. The molecule has 0 aliphatic heterocycles. The van der Waals surface area contributed by atoms with Crippen LogP contribution in [-0.2, 0) is 12.8 Å². The lowest BCUT2D eigenvalue weighted by atomic mass is 10.1. The predicted octanol–water partition coefficient (Wildman–Crippen LogP) is 2.73. The van der Waals surface area contributed by atoms with Crippen LogP contribution in [-0.4, -0.2) is 30.5 Å². The van der Waals surface area contributed by atoms with Crippen molar-refractivity contribution in [2.45, 2.75) is 19.3 Å². The molecule has 1 heterocycles. The third-order valence-electron chi connectivity index (χ3n) is 3.19. The van der Waals surface area contributed by atoms with E-state index in [1.54, 1.807) is 0 Å². The number of hydrogen-bond donors (Lipinski definition) is 1. The number of rotatable bonds is 5. The van der Waals surface area contributed by atoms with Crippen LogP contribution in [0.25, 0.3) is 10.9 Å². The zero-order chi connectivity index (χ0) is 13.0. The number of benzene rings is 1. The van der Waals surface area contributed by atoms with E-state index in [1.807, 2.05) is 12.1 Å². The fourth-order valence-electron chi connectivity index (χ4n) is 2.32. The zero-order valence-corrected chi connectivity index (χ0v) is 11.0. The highest BCUT2D eigenvalue weighted by Crippen LogP contribution is 2.23. The molecule has 0 aliphatic rings. The molecule has 18 heavy (non-hydrogen) atoms. The number of fused-ring (bicyclic) bond motifs is 1. The Hall–Kier alpha value is -1.79. The third kappa shape index (κ3) is 2.72. The number of aryl methyl sites for hydroxylation is 1. The van der Waals surface area contributed by atoms with Crippen LogP contribution >= 0.6 is 0 Å². The van der Waals surface area contributed by atoms with Crippen LogP contribution in [0.1, 0.15) is 17.7 Å². The van der Waals surface area contributed by atoms with Crippen LogP contribution in [0.4, 0.5) is 0 Å². The molecule has 0 spiro atoms. The monoisotopic (exact) mass is 241 g/mol. The Morgan fingerprint density at radius 1 is 1.28 bits per heavy atom. The molecule has 0 amide bonds. The van der Waals surface area contributed by atoms with E-state index in [2.05, 4.69) is 42.2 Å². The number of H-pyrrole nitrogens is 1. The quantitative estimate of drug-likeness (QED) is 0.874. The van der Waals surface area contributed by atoms with Gasteiger partial charge in [-0.1, -0.05) is 18.2 Å². The lowest BCUT2D eigenvalue weighted by molar-refractivity contribution is 0.399. The maximum absolute atomic E-state index is 8.96. The summed E-state index contributed by atoms with van der Waals surface area (Å²) in [6.45, 7) is 1.07. The summed E-state index contributed by atoms with van der Waals surface area (Å²) in [5.74, 6) is 0. The van der Waals surface area contributed by atoms with Crippen molar-refractivity contribution in [3.8, 4) is 6.07 Å². The van der Waals surface area contributed by atoms with E-state index < -0.39 is 0 Å². The van der Waals surface area contributed by atoms with Crippen molar-refractivity contribution in [2.75, 3.05) is 20.6 Å². The van der Waals surface area contributed by atoms with E-state index in [0.717, 1.165) is 24.9 Å². The highest BCUT2D eigenvalue weighted by Gasteiger charge is 2.10. The molecule has 94 valence electrons. The average molecular weight is 241 g/mol. The van der Waals surface area contributed by atoms with Crippen molar-refractivity contribution in [1.82, 2.24) is 9.88 Å². The first-order valence-electron chi connectivity index (χ1n) is 6.32. The molecule has 0 saturated heterocycles. The van der Waals surface area contributed by atoms with Gasteiger partial charge in [0.25, 0.3) is 0 Å². The molecular formula is C15H19N3. The van der Waals surface area contributed by atoms with E-state index in [9.17, 15) is 0 Å². The summed E-state index contributed by atoms with van der Waals surface area (Å²) >= 11 is 0. The highest BCUT2D eigenvalue weighted by molar-refractivity contribution is 5.84. The van der Waals surface area contributed by atoms with Crippen LogP contribution in [0.5, 0.6) is 0 Å². The smallest absolute Gasteiger partial charge is 0.0670 e. The first-order valence-corrected chi connectivity index (χ1v) is 6.32. The van der Waals surface area contributed by atoms with Gasteiger partial charge < -0.3 is 9.88 Å². The first kappa shape index (κ1) is 12.7. The number of aromatic nitrogens is 1. The van der Waals surface area contributed by atoms with Crippen LogP contribution in [0.2, 0.25) is 0 Å². The average Bonchev–Trinajstić information content (AvgIpc) is 2.68. The first-order chi connectivity index (χ1) is 8.72. The van der Waals surface area contributed by atoms with Crippen molar-refractivity contribution in [1.29, 1.82) is 5.26 Å². The molecule has 0 unspecified atom stereocenters. The van der Waals surface area contributed by atoms with Gasteiger partial charge in [0.1, 0.15) is 0 Å². The van der Waals surface area contributed by atoms with Gasteiger partial charge in [0, 0.05) is 16.6 Å².